The van der Waals surface area contributed by atoms with Crippen LogP contribution in [0.3, 0.4) is 0 Å². The van der Waals surface area contributed by atoms with E-state index in [1.807, 2.05) is 18.2 Å². The molecule has 0 saturated heterocycles. The first-order valence-electron chi connectivity index (χ1n) is 6.23. The van der Waals surface area contributed by atoms with Gasteiger partial charge >= 0.3 is 0 Å². The van der Waals surface area contributed by atoms with Crippen molar-refractivity contribution in [1.82, 2.24) is 0 Å². The van der Waals surface area contributed by atoms with Crippen molar-refractivity contribution < 1.29 is 9.47 Å². The lowest BCUT2D eigenvalue weighted by atomic mass is 10.1. The van der Waals surface area contributed by atoms with Gasteiger partial charge in [0.05, 0.1) is 19.8 Å². The summed E-state index contributed by atoms with van der Waals surface area (Å²) in [6, 6.07) is 8.22. The summed E-state index contributed by atoms with van der Waals surface area (Å²) in [4.78, 5) is 0. The normalized spacial score (nSPS) is 10.4. The minimum absolute atomic E-state index is 0.647. The minimum atomic E-state index is 0.647. The van der Waals surface area contributed by atoms with Crippen LogP contribution >= 0.6 is 0 Å². The van der Waals surface area contributed by atoms with Crippen molar-refractivity contribution in [3.05, 3.63) is 42.0 Å². The van der Waals surface area contributed by atoms with Crippen molar-refractivity contribution in [2.24, 2.45) is 0 Å². The zero-order chi connectivity index (χ0) is 12.3. The molecule has 0 bridgehead atoms. The molecule has 0 aromatic heterocycles. The van der Waals surface area contributed by atoms with Gasteiger partial charge in [-0.05, 0) is 17.5 Å². The van der Waals surface area contributed by atoms with E-state index in [4.69, 9.17) is 9.47 Å². The predicted molar refractivity (Wildman–Crippen MR) is 71.9 cm³/mol. The molecule has 0 amide bonds. The maximum atomic E-state index is 5.52. The molecule has 0 heterocycles. The zero-order valence-corrected chi connectivity index (χ0v) is 10.7. The second kappa shape index (κ2) is 8.97. The average molecular weight is 234 g/mol. The second-order valence-electron chi connectivity index (χ2n) is 3.96. The Hall–Kier alpha value is -1.12. The van der Waals surface area contributed by atoms with Crippen LogP contribution < -0.4 is 0 Å². The summed E-state index contributed by atoms with van der Waals surface area (Å²) in [6.45, 7) is 8.72. The number of hydrogen-bond donors (Lipinski definition) is 0. The van der Waals surface area contributed by atoms with Crippen LogP contribution in [-0.4, -0.2) is 19.8 Å². The van der Waals surface area contributed by atoms with Crippen molar-refractivity contribution >= 4 is 6.08 Å². The molecule has 1 rings (SSSR count). The van der Waals surface area contributed by atoms with Crippen LogP contribution in [0.5, 0.6) is 0 Å². The third-order valence-corrected chi connectivity index (χ3v) is 2.50. The topological polar surface area (TPSA) is 18.5 Å². The highest BCUT2D eigenvalue weighted by Crippen LogP contribution is 2.06. The van der Waals surface area contributed by atoms with Gasteiger partial charge in [0.1, 0.15) is 0 Å². The van der Waals surface area contributed by atoms with Gasteiger partial charge in [-0.1, -0.05) is 50.3 Å². The monoisotopic (exact) mass is 234 g/mol. The molecule has 0 aliphatic carbocycles. The van der Waals surface area contributed by atoms with E-state index in [0.29, 0.717) is 19.8 Å². The summed E-state index contributed by atoms with van der Waals surface area (Å²) in [6.07, 6.45) is 4.14. The van der Waals surface area contributed by atoms with Gasteiger partial charge in [-0.25, -0.2) is 0 Å². The van der Waals surface area contributed by atoms with Gasteiger partial charge < -0.3 is 9.47 Å². The molecule has 1 aromatic carbocycles. The maximum Gasteiger partial charge on any atom is 0.0718 e. The molecular formula is C15H22O2. The van der Waals surface area contributed by atoms with Crippen molar-refractivity contribution in [1.29, 1.82) is 0 Å². The highest BCUT2D eigenvalue weighted by molar-refractivity contribution is 5.47. The van der Waals surface area contributed by atoms with E-state index in [9.17, 15) is 0 Å². The van der Waals surface area contributed by atoms with Crippen LogP contribution in [0.25, 0.3) is 6.08 Å². The third-order valence-electron chi connectivity index (χ3n) is 2.50. The maximum absolute atomic E-state index is 5.52. The first-order chi connectivity index (χ1) is 8.36. The van der Waals surface area contributed by atoms with Gasteiger partial charge in [0.2, 0.25) is 0 Å². The van der Waals surface area contributed by atoms with E-state index in [2.05, 4.69) is 25.6 Å². The SMILES string of the molecule is C=Cc1ccc(COCCOCCCC)cc1. The van der Waals surface area contributed by atoms with E-state index < -0.39 is 0 Å². The number of unbranched alkanes of at least 4 members (excludes halogenated alkanes) is 1. The fourth-order valence-electron chi connectivity index (χ4n) is 1.41. The van der Waals surface area contributed by atoms with Crippen LogP contribution in [0.15, 0.2) is 30.8 Å². The smallest absolute Gasteiger partial charge is 0.0718 e. The largest absolute Gasteiger partial charge is 0.379 e. The molecule has 1 aromatic rings. The van der Waals surface area contributed by atoms with Crippen molar-refractivity contribution in [2.45, 2.75) is 26.4 Å². The fourth-order valence-corrected chi connectivity index (χ4v) is 1.41. The molecule has 2 nitrogen and oxygen atoms in total. The van der Waals surface area contributed by atoms with E-state index >= 15 is 0 Å². The Balaban J connectivity index is 2.07. The molecule has 0 aliphatic heterocycles. The van der Waals surface area contributed by atoms with Crippen LogP contribution in [-0.2, 0) is 16.1 Å². The van der Waals surface area contributed by atoms with E-state index in [1.165, 1.54) is 12.0 Å². The van der Waals surface area contributed by atoms with E-state index in [0.717, 1.165) is 18.6 Å². The zero-order valence-electron chi connectivity index (χ0n) is 10.7. The highest BCUT2D eigenvalue weighted by Gasteiger charge is 1.94. The van der Waals surface area contributed by atoms with Gasteiger partial charge in [-0.2, -0.15) is 0 Å². The average Bonchev–Trinajstić information content (AvgIpc) is 2.38. The lowest BCUT2D eigenvalue weighted by molar-refractivity contribution is 0.0397. The van der Waals surface area contributed by atoms with Gasteiger partial charge in [0, 0.05) is 6.61 Å². The Bertz CT molecular complexity index is 303. The first-order valence-corrected chi connectivity index (χ1v) is 6.23. The molecule has 0 atom stereocenters. The number of rotatable bonds is 9. The molecule has 0 N–H and O–H groups in total. The third kappa shape index (κ3) is 6.25. The Morgan fingerprint density at radius 1 is 1.06 bits per heavy atom. The fraction of sp³-hybridized carbons (Fsp3) is 0.467. The van der Waals surface area contributed by atoms with E-state index in [1.54, 1.807) is 0 Å². The van der Waals surface area contributed by atoms with Gasteiger partial charge in [0.15, 0.2) is 0 Å². The lowest BCUT2D eigenvalue weighted by Crippen LogP contribution is -2.05. The minimum Gasteiger partial charge on any atom is -0.379 e. The molecule has 0 radical (unpaired) electrons. The van der Waals surface area contributed by atoms with Gasteiger partial charge in [0.25, 0.3) is 0 Å². The summed E-state index contributed by atoms with van der Waals surface area (Å²) >= 11 is 0. The quantitative estimate of drug-likeness (QED) is 0.607. The Labute approximate surface area is 104 Å². The second-order valence-corrected chi connectivity index (χ2v) is 3.96. The van der Waals surface area contributed by atoms with Crippen LogP contribution in [0, 0.1) is 0 Å². The first kappa shape index (κ1) is 13.9. The summed E-state index contributed by atoms with van der Waals surface area (Å²) in [5.74, 6) is 0. The molecule has 0 fully saturated rings. The van der Waals surface area contributed by atoms with Crippen LogP contribution in [0.2, 0.25) is 0 Å². The highest BCUT2D eigenvalue weighted by atomic mass is 16.5. The van der Waals surface area contributed by atoms with Gasteiger partial charge in [-0.3, -0.25) is 0 Å². The molecule has 0 unspecified atom stereocenters. The summed E-state index contributed by atoms with van der Waals surface area (Å²) in [5, 5.41) is 0. The molecule has 0 spiro atoms. The lowest BCUT2D eigenvalue weighted by Gasteiger charge is -2.05. The van der Waals surface area contributed by atoms with Crippen LogP contribution in [0.1, 0.15) is 30.9 Å². The summed E-state index contributed by atoms with van der Waals surface area (Å²) in [7, 11) is 0. The van der Waals surface area contributed by atoms with Crippen molar-refractivity contribution in [2.75, 3.05) is 19.8 Å². The van der Waals surface area contributed by atoms with Crippen molar-refractivity contribution in [3.63, 3.8) is 0 Å². The number of ether oxygens (including phenoxy) is 2. The molecule has 94 valence electrons. The number of benzene rings is 1. The Morgan fingerprint density at radius 2 is 1.76 bits per heavy atom. The molecule has 0 aliphatic rings. The standard InChI is InChI=1S/C15H22O2/c1-3-5-10-16-11-12-17-13-15-8-6-14(4-2)7-9-15/h4,6-9H,2-3,5,10-13H2,1H3. The van der Waals surface area contributed by atoms with Crippen LogP contribution in [0.4, 0.5) is 0 Å². The summed E-state index contributed by atoms with van der Waals surface area (Å²) < 4.78 is 10.9. The predicted octanol–water partition coefficient (Wildman–Crippen LogP) is 3.66. The van der Waals surface area contributed by atoms with E-state index in [-0.39, 0.29) is 0 Å². The molecule has 0 saturated carbocycles. The molecular weight excluding hydrogens is 212 g/mol. The van der Waals surface area contributed by atoms with Crippen molar-refractivity contribution in [3.8, 4) is 0 Å². The summed E-state index contributed by atoms with van der Waals surface area (Å²) in [5.41, 5.74) is 2.32. The van der Waals surface area contributed by atoms with Gasteiger partial charge in [-0.15, -0.1) is 0 Å². The Kier molecular flexibility index (Phi) is 7.35. The Morgan fingerprint density at radius 3 is 2.41 bits per heavy atom. The number of hydrogen-bond acceptors (Lipinski definition) is 2. The molecule has 17 heavy (non-hydrogen) atoms. The molecule has 2 heteroatoms.